The lowest BCUT2D eigenvalue weighted by Crippen LogP contribution is -2.29. The van der Waals surface area contributed by atoms with Crippen LogP contribution in [-0.2, 0) is 35.1 Å². The van der Waals surface area contributed by atoms with E-state index >= 15 is 0 Å². The van der Waals surface area contributed by atoms with Gasteiger partial charge in [-0.25, -0.2) is 0 Å². The van der Waals surface area contributed by atoms with Crippen LogP contribution in [-0.4, -0.2) is 22.3 Å². The Morgan fingerprint density at radius 3 is 2.56 bits per heavy atom. The number of hydrogen-bond donors (Lipinski definition) is 0. The second kappa shape index (κ2) is 8.24. The molecule has 0 radical (unpaired) electrons. The fourth-order valence-electron chi connectivity index (χ4n) is 5.63. The number of methoxy groups -OCH3 is 1. The van der Waals surface area contributed by atoms with Gasteiger partial charge in [0.2, 0.25) is 6.79 Å². The number of hydrogen-bond acceptors (Lipinski definition) is 6. The molecule has 3 aromatic rings. The molecule has 1 heterocycles. The van der Waals surface area contributed by atoms with E-state index in [9.17, 15) is 8.42 Å². The van der Waals surface area contributed by atoms with Crippen LogP contribution in [0.25, 0.3) is 0 Å². The Morgan fingerprint density at radius 2 is 1.76 bits per heavy atom. The highest BCUT2D eigenvalue weighted by atomic mass is 32.2. The molecule has 1 aliphatic heterocycles. The van der Waals surface area contributed by atoms with Crippen LogP contribution in [0.3, 0.4) is 0 Å². The van der Waals surface area contributed by atoms with Crippen molar-refractivity contribution < 1.29 is 26.8 Å². The van der Waals surface area contributed by atoms with Gasteiger partial charge in [-0.2, -0.15) is 8.42 Å². The second-order valence-corrected chi connectivity index (χ2v) is 10.8. The number of ether oxygens (including phenoxy) is 3. The molecule has 0 fully saturated rings. The molecule has 0 aromatic heterocycles. The van der Waals surface area contributed by atoms with Gasteiger partial charge < -0.3 is 18.4 Å². The molecule has 0 bridgehead atoms. The lowest BCUT2D eigenvalue weighted by atomic mass is 9.66. The molecule has 2 unspecified atom stereocenters. The summed E-state index contributed by atoms with van der Waals surface area (Å²) in [5.74, 6) is 3.00. The van der Waals surface area contributed by atoms with Gasteiger partial charge in [-0.15, -0.1) is 0 Å². The van der Waals surface area contributed by atoms with Crippen molar-refractivity contribution in [3.05, 3.63) is 82.4 Å². The third kappa shape index (κ3) is 3.78. The molecule has 3 aromatic carbocycles. The summed E-state index contributed by atoms with van der Waals surface area (Å²) in [5.41, 5.74) is 5.39. The fourth-order valence-corrected chi connectivity index (χ4v) is 6.72. The summed E-state index contributed by atoms with van der Waals surface area (Å²) in [6.07, 6.45) is 3.58. The topological polar surface area (TPSA) is 71.1 Å². The second-order valence-electron chi connectivity index (χ2n) is 9.22. The molecule has 34 heavy (non-hydrogen) atoms. The predicted molar refractivity (Wildman–Crippen MR) is 127 cm³/mol. The van der Waals surface area contributed by atoms with Gasteiger partial charge in [0.05, 0.1) is 7.11 Å². The first-order chi connectivity index (χ1) is 16.5. The molecule has 0 N–H and O–H groups in total. The Labute approximate surface area is 199 Å². The van der Waals surface area contributed by atoms with Gasteiger partial charge in [0.25, 0.3) is 0 Å². The van der Waals surface area contributed by atoms with Gasteiger partial charge in [-0.3, -0.25) is 0 Å². The van der Waals surface area contributed by atoms with Crippen LogP contribution in [0, 0.1) is 5.92 Å². The minimum atomic E-state index is -3.85. The zero-order chi connectivity index (χ0) is 23.3. The average Bonchev–Trinajstić information content (AvgIpc) is 3.29. The lowest BCUT2D eigenvalue weighted by molar-refractivity contribution is 0.174. The molecule has 0 amide bonds. The lowest BCUT2D eigenvalue weighted by Gasteiger charge is -2.39. The van der Waals surface area contributed by atoms with Crippen molar-refractivity contribution in [3.63, 3.8) is 0 Å². The van der Waals surface area contributed by atoms with Gasteiger partial charge in [0.1, 0.15) is 5.75 Å². The van der Waals surface area contributed by atoms with Crippen LogP contribution in [0.15, 0.2) is 54.6 Å². The molecule has 3 aliphatic rings. The minimum Gasteiger partial charge on any atom is -0.493 e. The van der Waals surface area contributed by atoms with Crippen molar-refractivity contribution in [3.8, 4) is 23.0 Å². The highest BCUT2D eigenvalue weighted by molar-refractivity contribution is 7.86. The van der Waals surface area contributed by atoms with Crippen molar-refractivity contribution in [2.24, 2.45) is 5.92 Å². The summed E-state index contributed by atoms with van der Waals surface area (Å²) in [6.45, 7) is 0.271. The third-order valence-electron chi connectivity index (χ3n) is 7.23. The summed E-state index contributed by atoms with van der Waals surface area (Å²) in [5, 5.41) is 0. The smallest absolute Gasteiger partial charge is 0.313 e. The Bertz CT molecular complexity index is 1350. The summed E-state index contributed by atoms with van der Waals surface area (Å²) in [4.78, 5) is 0. The van der Waals surface area contributed by atoms with E-state index in [4.69, 9.17) is 18.4 Å². The van der Waals surface area contributed by atoms with Gasteiger partial charge in [0, 0.05) is 5.56 Å². The van der Waals surface area contributed by atoms with E-state index in [1.807, 2.05) is 30.3 Å². The fraction of sp³-hybridized carbons (Fsp3) is 0.333. The first kappa shape index (κ1) is 21.4. The van der Waals surface area contributed by atoms with E-state index in [-0.39, 0.29) is 12.5 Å². The van der Waals surface area contributed by atoms with Gasteiger partial charge in [-0.05, 0) is 78.0 Å². The molecule has 0 saturated heterocycles. The first-order valence-corrected chi connectivity index (χ1v) is 13.2. The van der Waals surface area contributed by atoms with Gasteiger partial charge >= 0.3 is 10.1 Å². The van der Waals surface area contributed by atoms with Crippen LogP contribution in [0.1, 0.15) is 40.2 Å². The molecule has 0 spiro atoms. The third-order valence-corrected chi connectivity index (χ3v) is 8.34. The van der Waals surface area contributed by atoms with Crippen molar-refractivity contribution in [2.45, 2.75) is 37.4 Å². The van der Waals surface area contributed by atoms with E-state index in [2.05, 4.69) is 12.1 Å². The number of rotatable bonds is 5. The van der Waals surface area contributed by atoms with E-state index in [0.717, 1.165) is 48.3 Å². The predicted octanol–water partition coefficient (Wildman–Crippen LogP) is 4.78. The zero-order valence-corrected chi connectivity index (χ0v) is 19.8. The normalized spacial score (nSPS) is 20.1. The number of benzene rings is 3. The summed E-state index contributed by atoms with van der Waals surface area (Å²) in [7, 11) is -2.30. The summed E-state index contributed by atoms with van der Waals surface area (Å²) < 4.78 is 48.4. The highest BCUT2D eigenvalue weighted by Crippen LogP contribution is 2.50. The largest absolute Gasteiger partial charge is 0.493 e. The van der Waals surface area contributed by atoms with Crippen LogP contribution in [0.4, 0.5) is 0 Å². The van der Waals surface area contributed by atoms with E-state index < -0.39 is 10.1 Å². The number of fused-ring (bicyclic) bond motifs is 5. The molecular formula is C27H26O6S. The maximum atomic E-state index is 13.0. The monoisotopic (exact) mass is 478 g/mol. The van der Waals surface area contributed by atoms with Crippen molar-refractivity contribution in [1.82, 2.24) is 0 Å². The Morgan fingerprint density at radius 1 is 0.971 bits per heavy atom. The first-order valence-electron chi connectivity index (χ1n) is 11.6. The van der Waals surface area contributed by atoms with Crippen molar-refractivity contribution in [2.75, 3.05) is 13.9 Å². The van der Waals surface area contributed by atoms with Gasteiger partial charge in [0.15, 0.2) is 23.0 Å². The molecule has 0 saturated carbocycles. The SMILES string of the molecule is COc1ccc2c(c1OS(=O)(=O)Cc1ccccc1)CC1CCc3cc4c(cc3C1C2)OCO4. The molecule has 176 valence electrons. The molecule has 6 nitrogen and oxygen atoms in total. The maximum absolute atomic E-state index is 13.0. The Balaban J connectivity index is 1.34. The molecule has 2 aliphatic carbocycles. The summed E-state index contributed by atoms with van der Waals surface area (Å²) >= 11 is 0. The Hall–Kier alpha value is -3.19. The minimum absolute atomic E-state index is 0.187. The van der Waals surface area contributed by atoms with Crippen molar-refractivity contribution in [1.29, 1.82) is 0 Å². The van der Waals surface area contributed by atoms with E-state index in [1.165, 1.54) is 11.1 Å². The molecule has 6 rings (SSSR count). The molecule has 7 heteroatoms. The molecule has 2 atom stereocenters. The van der Waals surface area contributed by atoms with Crippen LogP contribution < -0.4 is 18.4 Å². The van der Waals surface area contributed by atoms with Crippen molar-refractivity contribution >= 4 is 10.1 Å². The maximum Gasteiger partial charge on any atom is 0.313 e. The van der Waals surface area contributed by atoms with Crippen LogP contribution in [0.5, 0.6) is 23.0 Å². The summed E-state index contributed by atoms with van der Waals surface area (Å²) in [6, 6.07) is 17.2. The Kier molecular flexibility index (Phi) is 5.17. The highest BCUT2D eigenvalue weighted by Gasteiger charge is 2.38. The van der Waals surface area contributed by atoms with Gasteiger partial charge in [-0.1, -0.05) is 36.4 Å². The van der Waals surface area contributed by atoms with Crippen LogP contribution >= 0.6 is 0 Å². The van der Waals surface area contributed by atoms with Crippen LogP contribution in [0.2, 0.25) is 0 Å². The zero-order valence-electron chi connectivity index (χ0n) is 19.0. The quantitative estimate of drug-likeness (QED) is 0.492. The average molecular weight is 479 g/mol. The van der Waals surface area contributed by atoms with E-state index in [1.54, 1.807) is 19.2 Å². The molecular weight excluding hydrogens is 452 g/mol. The standard InChI is InChI=1S/C27H26O6S/c1-30-24-10-9-19-11-21-18(7-8-20-13-25-26(14-22(20)21)32-16-31-25)12-23(19)27(24)33-34(28,29)15-17-5-3-2-4-6-17/h2-6,9-10,13-14,18,21H,7-8,11-12,15-16H2,1H3. The van der Waals surface area contributed by atoms with E-state index in [0.29, 0.717) is 28.9 Å². The number of aryl methyl sites for hydroxylation is 1.